The van der Waals surface area contributed by atoms with Crippen LogP contribution in [0.15, 0.2) is 29.1 Å². The summed E-state index contributed by atoms with van der Waals surface area (Å²) < 4.78 is 7.26. The van der Waals surface area contributed by atoms with E-state index < -0.39 is 0 Å². The monoisotopic (exact) mass is 309 g/mol. The molecule has 0 aliphatic rings. The molecule has 0 saturated heterocycles. The third-order valence-corrected chi connectivity index (χ3v) is 2.85. The first-order valence-electron chi connectivity index (χ1n) is 5.46. The van der Waals surface area contributed by atoms with E-state index in [4.69, 9.17) is 4.74 Å². The van der Waals surface area contributed by atoms with Gasteiger partial charge in [0.1, 0.15) is 0 Å². The molecule has 0 amide bonds. The Labute approximate surface area is 113 Å². The number of halogens is 1. The molecule has 2 rings (SSSR count). The normalized spacial score (nSPS) is 10.4. The minimum atomic E-state index is -0.382. The van der Waals surface area contributed by atoms with Crippen molar-refractivity contribution in [3.8, 4) is 5.82 Å². The molecule has 0 fully saturated rings. The lowest BCUT2D eigenvalue weighted by molar-refractivity contribution is 0.0526. The standard InChI is InChI=1S/C12H12BrN3O2/c1-3-18-12(17)9-6-15-16(7-9)11-10(13)4-8(2)5-14-11/h4-7H,3H2,1-2H3. The Hall–Kier alpha value is -1.69. The highest BCUT2D eigenvalue weighted by Gasteiger charge is 2.12. The molecule has 0 atom stereocenters. The van der Waals surface area contributed by atoms with Crippen LogP contribution in [0.3, 0.4) is 0 Å². The summed E-state index contributed by atoms with van der Waals surface area (Å²) in [5.41, 5.74) is 1.45. The first-order valence-corrected chi connectivity index (χ1v) is 6.25. The third-order valence-electron chi connectivity index (χ3n) is 2.27. The topological polar surface area (TPSA) is 57.0 Å². The number of esters is 1. The number of ether oxygens (including phenoxy) is 1. The Kier molecular flexibility index (Phi) is 3.76. The summed E-state index contributed by atoms with van der Waals surface area (Å²) in [6.07, 6.45) is 4.80. The third kappa shape index (κ3) is 2.59. The van der Waals surface area contributed by atoms with E-state index in [2.05, 4.69) is 26.0 Å². The van der Waals surface area contributed by atoms with Crippen molar-refractivity contribution in [2.45, 2.75) is 13.8 Å². The maximum atomic E-state index is 11.5. The van der Waals surface area contributed by atoms with Gasteiger partial charge in [-0.05, 0) is 41.4 Å². The summed E-state index contributed by atoms with van der Waals surface area (Å²) in [5, 5.41) is 4.10. The van der Waals surface area contributed by atoms with Crippen LogP contribution in [0.4, 0.5) is 0 Å². The highest BCUT2D eigenvalue weighted by atomic mass is 79.9. The second-order valence-electron chi connectivity index (χ2n) is 3.71. The second kappa shape index (κ2) is 5.30. The summed E-state index contributed by atoms with van der Waals surface area (Å²) >= 11 is 3.42. The molecule has 2 aromatic rings. The van der Waals surface area contributed by atoms with Crippen molar-refractivity contribution in [1.82, 2.24) is 14.8 Å². The number of nitrogens with zero attached hydrogens (tertiary/aromatic N) is 3. The van der Waals surface area contributed by atoms with Crippen molar-refractivity contribution in [3.05, 3.63) is 40.3 Å². The molecule has 5 nitrogen and oxygen atoms in total. The molecule has 18 heavy (non-hydrogen) atoms. The zero-order valence-corrected chi connectivity index (χ0v) is 11.6. The minimum absolute atomic E-state index is 0.344. The Bertz CT molecular complexity index is 580. The number of aryl methyl sites for hydroxylation is 1. The SMILES string of the molecule is CCOC(=O)c1cnn(-c2ncc(C)cc2Br)c1. The zero-order valence-electron chi connectivity index (χ0n) is 10.1. The van der Waals surface area contributed by atoms with Crippen molar-refractivity contribution in [2.24, 2.45) is 0 Å². The molecule has 0 aliphatic heterocycles. The highest BCUT2D eigenvalue weighted by Crippen LogP contribution is 2.19. The van der Waals surface area contributed by atoms with Gasteiger partial charge in [-0.1, -0.05) is 0 Å². The fraction of sp³-hybridized carbons (Fsp3) is 0.250. The Morgan fingerprint density at radius 3 is 2.94 bits per heavy atom. The molecule has 2 aromatic heterocycles. The average Bonchev–Trinajstić information content (AvgIpc) is 2.78. The molecular weight excluding hydrogens is 298 g/mol. The van der Waals surface area contributed by atoms with Crippen LogP contribution in [0.1, 0.15) is 22.8 Å². The van der Waals surface area contributed by atoms with E-state index in [9.17, 15) is 4.79 Å². The summed E-state index contributed by atoms with van der Waals surface area (Å²) in [6.45, 7) is 4.06. The minimum Gasteiger partial charge on any atom is -0.462 e. The fourth-order valence-corrected chi connectivity index (χ4v) is 2.10. The molecule has 0 N–H and O–H groups in total. The summed E-state index contributed by atoms with van der Waals surface area (Å²) in [6, 6.07) is 1.94. The molecule has 6 heteroatoms. The molecule has 0 aliphatic carbocycles. The van der Waals surface area contributed by atoms with Crippen molar-refractivity contribution < 1.29 is 9.53 Å². The van der Waals surface area contributed by atoms with Crippen LogP contribution < -0.4 is 0 Å². The molecule has 0 unspecified atom stereocenters. The van der Waals surface area contributed by atoms with Gasteiger partial charge in [0, 0.05) is 12.4 Å². The van der Waals surface area contributed by atoms with Crippen molar-refractivity contribution in [2.75, 3.05) is 6.61 Å². The Morgan fingerprint density at radius 1 is 1.50 bits per heavy atom. The Morgan fingerprint density at radius 2 is 2.28 bits per heavy atom. The molecule has 0 radical (unpaired) electrons. The molecule has 0 spiro atoms. The van der Waals surface area contributed by atoms with E-state index in [0.717, 1.165) is 10.0 Å². The first-order chi connectivity index (χ1) is 8.61. The second-order valence-corrected chi connectivity index (χ2v) is 4.57. The lowest BCUT2D eigenvalue weighted by Gasteiger charge is -2.03. The van der Waals surface area contributed by atoms with Gasteiger partial charge in [-0.2, -0.15) is 5.10 Å². The van der Waals surface area contributed by atoms with Gasteiger partial charge in [-0.3, -0.25) is 0 Å². The predicted octanol–water partition coefficient (Wildman–Crippen LogP) is 2.51. The van der Waals surface area contributed by atoms with Crippen molar-refractivity contribution in [3.63, 3.8) is 0 Å². The van der Waals surface area contributed by atoms with Crippen LogP contribution in [-0.2, 0) is 4.74 Å². The van der Waals surface area contributed by atoms with Crippen molar-refractivity contribution in [1.29, 1.82) is 0 Å². The number of pyridine rings is 1. The lowest BCUT2D eigenvalue weighted by atomic mass is 10.3. The number of hydrogen-bond donors (Lipinski definition) is 0. The zero-order chi connectivity index (χ0) is 13.1. The molecule has 0 aromatic carbocycles. The van der Waals surface area contributed by atoms with E-state index in [1.54, 1.807) is 19.3 Å². The van der Waals surface area contributed by atoms with E-state index in [0.29, 0.717) is 18.0 Å². The van der Waals surface area contributed by atoms with Crippen LogP contribution in [-0.4, -0.2) is 27.3 Å². The number of aromatic nitrogens is 3. The van der Waals surface area contributed by atoms with Gasteiger partial charge >= 0.3 is 5.97 Å². The number of carbonyl (C=O) groups is 1. The smallest absolute Gasteiger partial charge is 0.341 e. The number of carbonyl (C=O) groups excluding carboxylic acids is 1. The fourth-order valence-electron chi connectivity index (χ4n) is 1.45. The van der Waals surface area contributed by atoms with Crippen LogP contribution in [0, 0.1) is 6.92 Å². The molecule has 2 heterocycles. The van der Waals surface area contributed by atoms with Gasteiger partial charge in [0.15, 0.2) is 5.82 Å². The van der Waals surface area contributed by atoms with E-state index >= 15 is 0 Å². The summed E-state index contributed by atoms with van der Waals surface area (Å²) in [4.78, 5) is 15.8. The van der Waals surface area contributed by atoms with E-state index in [1.165, 1.54) is 10.9 Å². The summed E-state index contributed by atoms with van der Waals surface area (Å²) in [7, 11) is 0. The van der Waals surface area contributed by atoms with Crippen LogP contribution >= 0.6 is 15.9 Å². The van der Waals surface area contributed by atoms with Gasteiger partial charge < -0.3 is 4.74 Å². The van der Waals surface area contributed by atoms with E-state index in [1.807, 2.05) is 13.0 Å². The van der Waals surface area contributed by atoms with Gasteiger partial charge in [-0.15, -0.1) is 0 Å². The number of rotatable bonds is 3. The van der Waals surface area contributed by atoms with Gasteiger partial charge in [0.25, 0.3) is 0 Å². The van der Waals surface area contributed by atoms with Gasteiger partial charge in [0.05, 0.1) is 22.8 Å². The molecular formula is C12H12BrN3O2. The Balaban J connectivity index is 2.32. The summed E-state index contributed by atoms with van der Waals surface area (Å²) in [5.74, 6) is 0.253. The van der Waals surface area contributed by atoms with Gasteiger partial charge in [-0.25, -0.2) is 14.5 Å². The lowest BCUT2D eigenvalue weighted by Crippen LogP contribution is -2.03. The molecule has 94 valence electrons. The molecule has 0 saturated carbocycles. The van der Waals surface area contributed by atoms with Crippen LogP contribution in [0.2, 0.25) is 0 Å². The van der Waals surface area contributed by atoms with Gasteiger partial charge in [0.2, 0.25) is 0 Å². The average molecular weight is 310 g/mol. The largest absolute Gasteiger partial charge is 0.462 e. The van der Waals surface area contributed by atoms with Crippen LogP contribution in [0.5, 0.6) is 0 Å². The first kappa shape index (κ1) is 12.8. The van der Waals surface area contributed by atoms with Crippen molar-refractivity contribution >= 4 is 21.9 Å². The predicted molar refractivity (Wildman–Crippen MR) is 69.8 cm³/mol. The highest BCUT2D eigenvalue weighted by molar-refractivity contribution is 9.10. The quantitative estimate of drug-likeness (QED) is 0.817. The number of hydrogen-bond acceptors (Lipinski definition) is 4. The van der Waals surface area contributed by atoms with Crippen LogP contribution in [0.25, 0.3) is 5.82 Å². The maximum Gasteiger partial charge on any atom is 0.341 e. The molecule has 0 bridgehead atoms. The maximum absolute atomic E-state index is 11.5. The van der Waals surface area contributed by atoms with E-state index in [-0.39, 0.29) is 5.97 Å².